The SMILES string of the molecule is CCN(c1cc(Cl)cc(C(=O)NCc2c(-c3ccco3)[nH]c(C)cc2=O)c1C)C1CCC(N(C)C)CC1. The number of nitrogens with one attached hydrogen (secondary N) is 2. The van der Waals surface area contributed by atoms with Crippen LogP contribution in [0.5, 0.6) is 0 Å². The first-order valence-corrected chi connectivity index (χ1v) is 13.4. The van der Waals surface area contributed by atoms with E-state index in [1.807, 2.05) is 19.9 Å². The van der Waals surface area contributed by atoms with Crippen LogP contribution in [0.1, 0.15) is 59.8 Å². The van der Waals surface area contributed by atoms with E-state index in [0.29, 0.717) is 39.7 Å². The Bertz CT molecular complexity index is 1290. The van der Waals surface area contributed by atoms with E-state index in [9.17, 15) is 9.59 Å². The second-order valence-electron chi connectivity index (χ2n) is 10.1. The number of aromatic nitrogens is 1. The van der Waals surface area contributed by atoms with Gasteiger partial charge in [-0.3, -0.25) is 9.59 Å². The Kier molecular flexibility index (Phi) is 8.45. The quantitative estimate of drug-likeness (QED) is 0.404. The van der Waals surface area contributed by atoms with Gasteiger partial charge in [-0.2, -0.15) is 0 Å². The van der Waals surface area contributed by atoms with Crippen molar-refractivity contribution in [2.24, 2.45) is 0 Å². The lowest BCUT2D eigenvalue weighted by Gasteiger charge is -2.40. The molecule has 1 saturated carbocycles. The normalized spacial score (nSPS) is 17.7. The lowest BCUT2D eigenvalue weighted by atomic mass is 9.89. The van der Waals surface area contributed by atoms with Crippen LogP contribution in [0, 0.1) is 13.8 Å². The molecule has 0 atom stereocenters. The summed E-state index contributed by atoms with van der Waals surface area (Å²) in [6, 6.07) is 9.79. The summed E-state index contributed by atoms with van der Waals surface area (Å²) in [5, 5.41) is 3.47. The van der Waals surface area contributed by atoms with E-state index in [1.54, 1.807) is 24.5 Å². The molecule has 37 heavy (non-hydrogen) atoms. The average Bonchev–Trinajstić information content (AvgIpc) is 3.40. The molecule has 0 unspecified atom stereocenters. The van der Waals surface area contributed by atoms with Crippen LogP contribution in [0.3, 0.4) is 0 Å². The van der Waals surface area contributed by atoms with Crippen LogP contribution in [0.15, 0.2) is 45.8 Å². The van der Waals surface area contributed by atoms with E-state index in [-0.39, 0.29) is 17.9 Å². The molecule has 0 bridgehead atoms. The van der Waals surface area contributed by atoms with Gasteiger partial charge in [0.2, 0.25) is 0 Å². The highest BCUT2D eigenvalue weighted by Crippen LogP contribution is 2.34. The first-order chi connectivity index (χ1) is 17.7. The highest BCUT2D eigenvalue weighted by atomic mass is 35.5. The van der Waals surface area contributed by atoms with Gasteiger partial charge in [-0.1, -0.05) is 11.6 Å². The Morgan fingerprint density at radius 3 is 2.46 bits per heavy atom. The van der Waals surface area contributed by atoms with Crippen LogP contribution < -0.4 is 15.6 Å². The van der Waals surface area contributed by atoms with E-state index in [1.165, 1.54) is 6.07 Å². The minimum Gasteiger partial charge on any atom is -0.463 e. The highest BCUT2D eigenvalue weighted by Gasteiger charge is 2.28. The number of halogens is 1. The third-order valence-corrected chi connectivity index (χ3v) is 7.76. The number of aromatic amines is 1. The lowest BCUT2D eigenvalue weighted by molar-refractivity contribution is 0.0950. The smallest absolute Gasteiger partial charge is 0.251 e. The molecule has 0 radical (unpaired) electrons. The Labute approximate surface area is 223 Å². The molecule has 1 fully saturated rings. The van der Waals surface area contributed by atoms with Crippen molar-refractivity contribution in [2.45, 2.75) is 65.1 Å². The van der Waals surface area contributed by atoms with Crippen molar-refractivity contribution < 1.29 is 9.21 Å². The number of hydrogen-bond donors (Lipinski definition) is 2. The number of hydrogen-bond acceptors (Lipinski definition) is 5. The molecule has 3 aromatic rings. The van der Waals surface area contributed by atoms with Crippen LogP contribution in [-0.2, 0) is 6.54 Å². The summed E-state index contributed by atoms with van der Waals surface area (Å²) < 4.78 is 5.52. The summed E-state index contributed by atoms with van der Waals surface area (Å²) in [5.41, 5.74) is 4.00. The van der Waals surface area contributed by atoms with Crippen LogP contribution >= 0.6 is 11.6 Å². The van der Waals surface area contributed by atoms with Crippen molar-refractivity contribution in [3.63, 3.8) is 0 Å². The van der Waals surface area contributed by atoms with Gasteiger partial charge in [-0.25, -0.2) is 0 Å². The highest BCUT2D eigenvalue weighted by molar-refractivity contribution is 6.31. The molecule has 8 heteroatoms. The van der Waals surface area contributed by atoms with Crippen LogP contribution in [0.4, 0.5) is 5.69 Å². The fourth-order valence-electron chi connectivity index (χ4n) is 5.50. The van der Waals surface area contributed by atoms with Crippen LogP contribution in [-0.4, -0.2) is 48.5 Å². The molecular formula is C29H37ClN4O3. The summed E-state index contributed by atoms with van der Waals surface area (Å²) in [5.74, 6) is 0.285. The van der Waals surface area contributed by atoms with E-state index in [0.717, 1.165) is 49.2 Å². The maximum Gasteiger partial charge on any atom is 0.251 e. The third kappa shape index (κ3) is 5.94. The van der Waals surface area contributed by atoms with Crippen molar-refractivity contribution >= 4 is 23.2 Å². The van der Waals surface area contributed by atoms with Gasteiger partial charge >= 0.3 is 0 Å². The zero-order valence-corrected chi connectivity index (χ0v) is 23.1. The molecule has 1 aliphatic carbocycles. The number of benzene rings is 1. The number of furan rings is 1. The van der Waals surface area contributed by atoms with Gasteiger partial charge in [-0.05, 0) is 90.4 Å². The predicted octanol–water partition coefficient (Wildman–Crippen LogP) is 5.53. The van der Waals surface area contributed by atoms with Crippen molar-refractivity contribution in [1.29, 1.82) is 0 Å². The standard InChI is InChI=1S/C29H37ClN4O3/c1-6-34(22-11-9-21(10-12-22)33(4)5)25-16-20(30)15-23(19(25)3)29(36)31-17-24-26(35)14-18(2)32-28(24)27-8-7-13-37-27/h7-8,13-16,21-22H,6,9-12,17H2,1-5H3,(H,31,36)(H,32,35). The summed E-state index contributed by atoms with van der Waals surface area (Å²) in [6.45, 7) is 6.85. The second-order valence-corrected chi connectivity index (χ2v) is 10.6. The number of pyridine rings is 1. The molecule has 1 aromatic carbocycles. The minimum absolute atomic E-state index is 0.0673. The van der Waals surface area contributed by atoms with E-state index >= 15 is 0 Å². The minimum atomic E-state index is -0.265. The summed E-state index contributed by atoms with van der Waals surface area (Å²) in [7, 11) is 4.30. The molecule has 2 heterocycles. The number of rotatable bonds is 8. The first-order valence-electron chi connectivity index (χ1n) is 13.0. The monoisotopic (exact) mass is 524 g/mol. The van der Waals surface area contributed by atoms with E-state index in [2.05, 4.69) is 41.1 Å². The largest absolute Gasteiger partial charge is 0.463 e. The predicted molar refractivity (Wildman–Crippen MR) is 150 cm³/mol. The number of H-pyrrole nitrogens is 1. The van der Waals surface area contributed by atoms with E-state index < -0.39 is 0 Å². The molecule has 0 aliphatic heterocycles. The maximum absolute atomic E-state index is 13.4. The van der Waals surface area contributed by atoms with Gasteiger partial charge in [0, 0.05) is 58.8 Å². The maximum atomic E-state index is 13.4. The van der Waals surface area contributed by atoms with Crippen LogP contribution in [0.2, 0.25) is 5.02 Å². The lowest BCUT2D eigenvalue weighted by Crippen LogP contribution is -2.42. The Morgan fingerprint density at radius 2 is 1.84 bits per heavy atom. The molecule has 2 N–H and O–H groups in total. The van der Waals surface area contributed by atoms with E-state index in [4.69, 9.17) is 16.0 Å². The van der Waals surface area contributed by atoms with Gasteiger partial charge in [0.15, 0.2) is 11.2 Å². The summed E-state index contributed by atoms with van der Waals surface area (Å²) in [6.07, 6.45) is 6.09. The molecule has 2 aromatic heterocycles. The summed E-state index contributed by atoms with van der Waals surface area (Å²) >= 11 is 6.54. The molecule has 4 rings (SSSR count). The number of aryl methyl sites for hydroxylation is 1. The van der Waals surface area contributed by atoms with Crippen molar-refractivity contribution in [3.8, 4) is 11.5 Å². The Morgan fingerprint density at radius 1 is 1.14 bits per heavy atom. The van der Waals surface area contributed by atoms with Gasteiger partial charge < -0.3 is 24.5 Å². The van der Waals surface area contributed by atoms with Gasteiger partial charge in [0.05, 0.1) is 12.0 Å². The second kappa shape index (κ2) is 11.6. The summed E-state index contributed by atoms with van der Waals surface area (Å²) in [4.78, 5) is 34.1. The Balaban J connectivity index is 1.57. The molecule has 7 nitrogen and oxygen atoms in total. The fourth-order valence-corrected chi connectivity index (χ4v) is 5.71. The average molecular weight is 525 g/mol. The molecule has 0 saturated heterocycles. The number of carbonyl (C=O) groups is 1. The fraction of sp³-hybridized carbons (Fsp3) is 0.448. The number of amides is 1. The zero-order chi connectivity index (χ0) is 26.7. The van der Waals surface area contributed by atoms with Gasteiger partial charge in [0.1, 0.15) is 0 Å². The topological polar surface area (TPSA) is 81.6 Å². The molecule has 0 spiro atoms. The number of carbonyl (C=O) groups excluding carboxylic acids is 1. The Hall–Kier alpha value is -3.03. The third-order valence-electron chi connectivity index (χ3n) is 7.54. The molecule has 198 valence electrons. The van der Waals surface area contributed by atoms with Gasteiger partial charge in [0.25, 0.3) is 5.91 Å². The first kappa shape index (κ1) is 27.0. The molecule has 1 aliphatic rings. The molecular weight excluding hydrogens is 488 g/mol. The number of anilines is 1. The number of nitrogens with zero attached hydrogens (tertiary/aromatic N) is 2. The van der Waals surface area contributed by atoms with Gasteiger partial charge in [-0.15, -0.1) is 0 Å². The van der Waals surface area contributed by atoms with Crippen molar-refractivity contribution in [3.05, 3.63) is 74.2 Å². The molecule has 1 amide bonds. The van der Waals surface area contributed by atoms with Crippen molar-refractivity contribution in [1.82, 2.24) is 15.2 Å². The van der Waals surface area contributed by atoms with Crippen molar-refractivity contribution in [2.75, 3.05) is 25.5 Å². The van der Waals surface area contributed by atoms with Crippen LogP contribution in [0.25, 0.3) is 11.5 Å². The zero-order valence-electron chi connectivity index (χ0n) is 22.4.